The smallest absolute Gasteiger partial charge is 0.296 e. The molecule has 0 radical (unpaired) electrons. The van der Waals surface area contributed by atoms with E-state index in [9.17, 15) is 14.0 Å². The Labute approximate surface area is 163 Å². The molecule has 0 amide bonds. The summed E-state index contributed by atoms with van der Waals surface area (Å²) in [5, 5.41) is 9.47. The van der Waals surface area contributed by atoms with Crippen molar-refractivity contribution in [2.24, 2.45) is 0 Å². The van der Waals surface area contributed by atoms with Crippen LogP contribution in [0.15, 0.2) is 30.6 Å². The molecule has 3 rings (SSSR count). The van der Waals surface area contributed by atoms with Crippen LogP contribution in [-0.2, 0) is 0 Å². The first-order valence-electron chi connectivity index (χ1n) is 9.02. The number of rotatable bonds is 3. The van der Waals surface area contributed by atoms with Crippen molar-refractivity contribution in [3.05, 3.63) is 36.2 Å². The zero-order valence-corrected chi connectivity index (χ0v) is 16.1. The molecular formula is C20H23F2N5O. The first-order valence-corrected chi connectivity index (χ1v) is 9.02. The Bertz CT molecular complexity index is 904. The van der Waals surface area contributed by atoms with Gasteiger partial charge >= 0.3 is 0 Å². The maximum absolute atomic E-state index is 14.7. The third-order valence-corrected chi connectivity index (χ3v) is 4.84. The predicted octanol–water partition coefficient (Wildman–Crippen LogP) is 3.48. The predicted molar refractivity (Wildman–Crippen MR) is 102 cm³/mol. The van der Waals surface area contributed by atoms with E-state index in [1.54, 1.807) is 23.1 Å². The zero-order valence-electron chi connectivity index (χ0n) is 16.1. The molecule has 2 heterocycles. The highest BCUT2D eigenvalue weighted by atomic mass is 19.3. The molecule has 0 aliphatic carbocycles. The Hall–Kier alpha value is -2.79. The lowest BCUT2D eigenvalue weighted by atomic mass is 9.96. The number of nitrogens with two attached hydrogens (primary N) is 1. The van der Waals surface area contributed by atoms with E-state index in [2.05, 4.69) is 9.97 Å². The van der Waals surface area contributed by atoms with Crippen LogP contribution in [0, 0.1) is 11.3 Å². The average Bonchev–Trinajstić information content (AvgIpc) is 2.62. The SMILES string of the molecule is CC(C)(C)N1CCC(Oc2ccc(-c3cc(N)ncn3)cc2C#N)C(F)(F)C1. The number of nitrogens with zero attached hydrogens (tertiary/aromatic N) is 4. The van der Waals surface area contributed by atoms with Crippen molar-refractivity contribution in [1.82, 2.24) is 14.9 Å². The third-order valence-electron chi connectivity index (χ3n) is 4.84. The molecule has 1 fully saturated rings. The van der Waals surface area contributed by atoms with Gasteiger partial charge in [-0.2, -0.15) is 5.26 Å². The summed E-state index contributed by atoms with van der Waals surface area (Å²) in [5.41, 5.74) is 6.67. The van der Waals surface area contributed by atoms with E-state index in [1.807, 2.05) is 26.8 Å². The fraction of sp³-hybridized carbons (Fsp3) is 0.450. The average molecular weight is 387 g/mol. The number of halogens is 2. The van der Waals surface area contributed by atoms with Crippen molar-refractivity contribution in [2.75, 3.05) is 18.8 Å². The number of benzene rings is 1. The number of hydrogen-bond donors (Lipinski definition) is 1. The van der Waals surface area contributed by atoms with Gasteiger partial charge in [0.05, 0.1) is 17.8 Å². The molecule has 1 aromatic heterocycles. The minimum absolute atomic E-state index is 0.141. The Morgan fingerprint density at radius 3 is 2.64 bits per heavy atom. The van der Waals surface area contributed by atoms with Crippen LogP contribution in [0.5, 0.6) is 5.75 Å². The Kier molecular flexibility index (Phi) is 5.22. The Balaban J connectivity index is 1.82. The van der Waals surface area contributed by atoms with E-state index in [0.717, 1.165) is 0 Å². The van der Waals surface area contributed by atoms with Gasteiger partial charge in [-0.15, -0.1) is 0 Å². The molecule has 0 saturated carbocycles. The van der Waals surface area contributed by atoms with Gasteiger partial charge in [0.15, 0.2) is 6.10 Å². The lowest BCUT2D eigenvalue weighted by Crippen LogP contribution is -2.58. The molecule has 6 nitrogen and oxygen atoms in total. The Morgan fingerprint density at radius 2 is 2.04 bits per heavy atom. The second kappa shape index (κ2) is 7.32. The van der Waals surface area contributed by atoms with Gasteiger partial charge < -0.3 is 10.5 Å². The maximum Gasteiger partial charge on any atom is 0.296 e. The zero-order chi connectivity index (χ0) is 20.5. The molecule has 148 valence electrons. The molecule has 2 N–H and O–H groups in total. The molecule has 1 aliphatic heterocycles. The molecule has 0 spiro atoms. The van der Waals surface area contributed by atoms with E-state index in [-0.39, 0.29) is 29.8 Å². The molecular weight excluding hydrogens is 364 g/mol. The number of hydrogen-bond acceptors (Lipinski definition) is 6. The van der Waals surface area contributed by atoms with Gasteiger partial charge in [-0.05, 0) is 39.0 Å². The number of nitriles is 1. The van der Waals surface area contributed by atoms with Crippen molar-refractivity contribution in [2.45, 2.75) is 44.8 Å². The minimum Gasteiger partial charge on any atom is -0.483 e. The fourth-order valence-electron chi connectivity index (χ4n) is 3.20. The van der Waals surface area contributed by atoms with E-state index >= 15 is 0 Å². The van der Waals surface area contributed by atoms with Gasteiger partial charge in [0.25, 0.3) is 5.92 Å². The number of alkyl halides is 2. The van der Waals surface area contributed by atoms with Crippen LogP contribution in [0.2, 0.25) is 0 Å². The monoisotopic (exact) mass is 387 g/mol. The quantitative estimate of drug-likeness (QED) is 0.867. The minimum atomic E-state index is -3.02. The Morgan fingerprint density at radius 1 is 1.29 bits per heavy atom. The summed E-state index contributed by atoms with van der Waals surface area (Å²) >= 11 is 0. The van der Waals surface area contributed by atoms with E-state index < -0.39 is 12.0 Å². The van der Waals surface area contributed by atoms with E-state index in [1.165, 1.54) is 12.4 Å². The summed E-state index contributed by atoms with van der Waals surface area (Å²) in [4.78, 5) is 9.70. The fourth-order valence-corrected chi connectivity index (χ4v) is 3.20. The van der Waals surface area contributed by atoms with Gasteiger partial charge in [-0.1, -0.05) is 0 Å². The van der Waals surface area contributed by atoms with Crippen LogP contribution in [-0.4, -0.2) is 45.5 Å². The van der Waals surface area contributed by atoms with Crippen LogP contribution in [0.3, 0.4) is 0 Å². The van der Waals surface area contributed by atoms with Crippen molar-refractivity contribution in [3.8, 4) is 23.1 Å². The normalized spacial score (nSPS) is 19.8. The molecule has 1 aromatic carbocycles. The number of anilines is 1. The first kappa shape index (κ1) is 20.0. The van der Waals surface area contributed by atoms with Crippen molar-refractivity contribution in [3.63, 3.8) is 0 Å². The van der Waals surface area contributed by atoms with Crippen molar-refractivity contribution in [1.29, 1.82) is 5.26 Å². The highest BCUT2D eigenvalue weighted by Crippen LogP contribution is 2.35. The van der Waals surface area contributed by atoms with Crippen LogP contribution >= 0.6 is 0 Å². The maximum atomic E-state index is 14.7. The summed E-state index contributed by atoms with van der Waals surface area (Å²) in [6, 6.07) is 8.34. The number of piperidine rings is 1. The lowest BCUT2D eigenvalue weighted by molar-refractivity contribution is -0.153. The summed E-state index contributed by atoms with van der Waals surface area (Å²) < 4.78 is 35.0. The second-order valence-electron chi connectivity index (χ2n) is 7.90. The number of likely N-dealkylation sites (tertiary alicyclic amines) is 1. The van der Waals surface area contributed by atoms with Crippen LogP contribution in [0.1, 0.15) is 32.8 Å². The molecule has 2 aromatic rings. The van der Waals surface area contributed by atoms with Gasteiger partial charge in [0.1, 0.15) is 24.0 Å². The standard InChI is InChI=1S/C20H23F2N5O/c1-19(2,3)27-7-6-17(20(21,22)11-27)28-16-5-4-13(8-14(16)10-23)15-9-18(24)26-12-25-15/h4-5,8-9,12,17H,6-7,11H2,1-3H3,(H2,24,25,26). The molecule has 1 unspecified atom stereocenters. The highest BCUT2D eigenvalue weighted by Gasteiger charge is 2.48. The van der Waals surface area contributed by atoms with E-state index in [4.69, 9.17) is 10.5 Å². The topological polar surface area (TPSA) is 88.1 Å². The highest BCUT2D eigenvalue weighted by molar-refractivity contribution is 5.65. The van der Waals surface area contributed by atoms with Crippen LogP contribution in [0.25, 0.3) is 11.3 Å². The summed E-state index contributed by atoms with van der Waals surface area (Å²) in [5.74, 6) is -2.57. The first-order chi connectivity index (χ1) is 13.1. The number of nitrogen functional groups attached to an aromatic ring is 1. The summed E-state index contributed by atoms with van der Waals surface area (Å²) in [6.45, 7) is 5.87. The number of aromatic nitrogens is 2. The molecule has 8 heteroatoms. The van der Waals surface area contributed by atoms with Gasteiger partial charge in [-0.25, -0.2) is 18.7 Å². The third kappa shape index (κ3) is 4.20. The molecule has 1 aliphatic rings. The largest absolute Gasteiger partial charge is 0.483 e. The van der Waals surface area contributed by atoms with Crippen LogP contribution in [0.4, 0.5) is 14.6 Å². The van der Waals surface area contributed by atoms with E-state index in [0.29, 0.717) is 23.6 Å². The summed E-state index contributed by atoms with van der Waals surface area (Å²) in [6.07, 6.45) is 0.225. The second-order valence-corrected chi connectivity index (χ2v) is 7.90. The molecule has 1 atom stereocenters. The number of ether oxygens (including phenoxy) is 1. The molecule has 1 saturated heterocycles. The summed E-state index contributed by atoms with van der Waals surface area (Å²) in [7, 11) is 0. The lowest BCUT2D eigenvalue weighted by Gasteiger charge is -2.44. The van der Waals surface area contributed by atoms with Crippen molar-refractivity contribution < 1.29 is 13.5 Å². The van der Waals surface area contributed by atoms with Gasteiger partial charge in [-0.3, -0.25) is 4.90 Å². The van der Waals surface area contributed by atoms with Gasteiger partial charge in [0.2, 0.25) is 0 Å². The van der Waals surface area contributed by atoms with Crippen molar-refractivity contribution >= 4 is 5.82 Å². The van der Waals surface area contributed by atoms with Gasteiger partial charge in [0, 0.05) is 30.1 Å². The molecule has 28 heavy (non-hydrogen) atoms. The van der Waals surface area contributed by atoms with Crippen LogP contribution < -0.4 is 10.5 Å². The molecule has 0 bridgehead atoms.